The molecule has 2 aromatic carbocycles. The molecule has 1 unspecified atom stereocenters. The number of hydrogen-bond acceptors (Lipinski definition) is 11. The molecule has 0 aliphatic carbocycles. The second-order valence-electron chi connectivity index (χ2n) is 10.4. The molecule has 0 aromatic heterocycles. The highest BCUT2D eigenvalue weighted by Crippen LogP contribution is 2.29. The monoisotopic (exact) mass is 610 g/mol. The lowest BCUT2D eigenvalue weighted by molar-refractivity contribution is -0.139. The molecule has 1 saturated heterocycles. The highest BCUT2D eigenvalue weighted by Gasteiger charge is 2.21. The summed E-state index contributed by atoms with van der Waals surface area (Å²) in [6.07, 6.45) is 1.49. The minimum atomic E-state index is -0.567. The summed E-state index contributed by atoms with van der Waals surface area (Å²) >= 11 is 0. The van der Waals surface area contributed by atoms with Gasteiger partial charge in [-0.25, -0.2) is 0 Å². The summed E-state index contributed by atoms with van der Waals surface area (Å²) < 4.78 is 21.2. The van der Waals surface area contributed by atoms with Gasteiger partial charge in [0, 0.05) is 45.8 Å². The van der Waals surface area contributed by atoms with Gasteiger partial charge in [-0.3, -0.25) is 19.8 Å². The van der Waals surface area contributed by atoms with Crippen LogP contribution in [0.2, 0.25) is 0 Å². The molecule has 1 heterocycles. The first kappa shape index (κ1) is 34.4. The second kappa shape index (κ2) is 19.3. The van der Waals surface area contributed by atoms with Crippen molar-refractivity contribution in [3.05, 3.63) is 48.0 Å². The molecule has 240 valence electrons. The minimum Gasteiger partial charge on any atom is -0.495 e. The maximum atomic E-state index is 12.7. The third-order valence-electron chi connectivity index (χ3n) is 7.40. The molecule has 1 fully saturated rings. The lowest BCUT2D eigenvalue weighted by Gasteiger charge is -2.36. The van der Waals surface area contributed by atoms with Crippen molar-refractivity contribution in [1.29, 1.82) is 5.26 Å². The van der Waals surface area contributed by atoms with Gasteiger partial charge in [-0.15, -0.1) is 0 Å². The number of hydrogen-bond donors (Lipinski definition) is 3. The van der Waals surface area contributed by atoms with Gasteiger partial charge >= 0.3 is 5.97 Å². The minimum absolute atomic E-state index is 0.0640. The lowest BCUT2D eigenvalue weighted by atomic mass is 10.1. The van der Waals surface area contributed by atoms with E-state index >= 15 is 0 Å². The van der Waals surface area contributed by atoms with Gasteiger partial charge in [0.15, 0.2) is 0 Å². The lowest BCUT2D eigenvalue weighted by Crippen LogP contribution is -2.47. The molecule has 44 heavy (non-hydrogen) atoms. The molecular formula is C32H46N6O6. The molecule has 0 radical (unpaired) electrons. The number of piperazine rings is 1. The average molecular weight is 611 g/mol. The zero-order valence-corrected chi connectivity index (χ0v) is 26.1. The van der Waals surface area contributed by atoms with E-state index in [4.69, 9.17) is 24.2 Å². The quantitative estimate of drug-likeness (QED) is 0.160. The average Bonchev–Trinajstić information content (AvgIpc) is 3.06. The molecule has 0 bridgehead atoms. The smallest absolute Gasteiger partial charge is 0.319 e. The van der Waals surface area contributed by atoms with Crippen LogP contribution in [-0.2, 0) is 25.6 Å². The second-order valence-corrected chi connectivity index (χ2v) is 10.4. The van der Waals surface area contributed by atoms with E-state index in [1.165, 1.54) is 12.7 Å². The van der Waals surface area contributed by atoms with E-state index in [2.05, 4.69) is 43.9 Å². The Kier molecular flexibility index (Phi) is 15.1. The molecule has 12 heteroatoms. The third-order valence-corrected chi connectivity index (χ3v) is 7.40. The summed E-state index contributed by atoms with van der Waals surface area (Å²) in [6.45, 7) is 6.11. The molecule has 3 N–H and O–H groups in total. The normalized spacial score (nSPS) is 13.9. The molecule has 2 aromatic rings. The Labute approximate surface area is 260 Å². The highest BCUT2D eigenvalue weighted by molar-refractivity contribution is 5.82. The van der Waals surface area contributed by atoms with Gasteiger partial charge in [0.2, 0.25) is 5.91 Å². The number of nitrogens with one attached hydrogen (secondary N) is 3. The number of anilines is 2. The maximum absolute atomic E-state index is 12.7. The van der Waals surface area contributed by atoms with E-state index in [0.717, 1.165) is 55.6 Å². The zero-order chi connectivity index (χ0) is 31.6. The number of nitrogens with zero attached hydrogens (tertiary/aromatic N) is 3. The topological polar surface area (TPSA) is 137 Å². The van der Waals surface area contributed by atoms with Crippen LogP contribution in [0.15, 0.2) is 42.5 Å². The van der Waals surface area contributed by atoms with Crippen LogP contribution >= 0.6 is 0 Å². The van der Waals surface area contributed by atoms with E-state index in [9.17, 15) is 9.59 Å². The first-order chi connectivity index (χ1) is 21.5. The van der Waals surface area contributed by atoms with Gasteiger partial charge in [-0.1, -0.05) is 18.2 Å². The Morgan fingerprint density at radius 1 is 0.977 bits per heavy atom. The van der Waals surface area contributed by atoms with Gasteiger partial charge in [0.05, 0.1) is 71.0 Å². The Morgan fingerprint density at radius 3 is 2.48 bits per heavy atom. The van der Waals surface area contributed by atoms with Crippen LogP contribution in [0.25, 0.3) is 0 Å². The fourth-order valence-electron chi connectivity index (χ4n) is 5.00. The van der Waals surface area contributed by atoms with Crippen LogP contribution in [0.5, 0.6) is 11.5 Å². The van der Waals surface area contributed by atoms with Gasteiger partial charge in [-0.2, -0.15) is 5.26 Å². The van der Waals surface area contributed by atoms with E-state index in [0.29, 0.717) is 45.6 Å². The Hall–Kier alpha value is -4.05. The van der Waals surface area contributed by atoms with Crippen LogP contribution in [-0.4, -0.2) is 103 Å². The third kappa shape index (κ3) is 11.2. The van der Waals surface area contributed by atoms with Crippen molar-refractivity contribution in [3.63, 3.8) is 0 Å². The molecular weight excluding hydrogens is 564 g/mol. The largest absolute Gasteiger partial charge is 0.495 e. The molecule has 12 nitrogen and oxygen atoms in total. The van der Waals surface area contributed by atoms with Crippen molar-refractivity contribution in [1.82, 2.24) is 15.5 Å². The fourth-order valence-corrected chi connectivity index (χ4v) is 5.00. The SMILES string of the molecule is COC(=O)CNC(CCCNc1ccc(CN2CCN(c3ccccc3OC)CC2)cc1OC)C(=O)NCCOCCC#N. The summed E-state index contributed by atoms with van der Waals surface area (Å²) in [6, 6.07) is 15.8. The predicted molar refractivity (Wildman–Crippen MR) is 169 cm³/mol. The number of amides is 1. The highest BCUT2D eigenvalue weighted by atomic mass is 16.5. The van der Waals surface area contributed by atoms with Crippen molar-refractivity contribution in [2.45, 2.75) is 31.8 Å². The number of carbonyl (C=O) groups excluding carboxylic acids is 2. The molecule has 1 amide bonds. The molecule has 3 rings (SSSR count). The molecule has 1 aliphatic rings. The van der Waals surface area contributed by atoms with Crippen LogP contribution in [0.4, 0.5) is 11.4 Å². The Morgan fingerprint density at radius 2 is 1.75 bits per heavy atom. The van der Waals surface area contributed by atoms with Gasteiger partial charge < -0.3 is 34.5 Å². The standard InChI is InChI=1S/C32H46N6O6/c1-41-29-10-5-4-9-28(29)38-18-16-37(17-19-38)24-25-11-12-26(30(22-25)42-2)34-14-6-8-27(36-23-31(39)43-3)32(40)35-15-21-44-20-7-13-33/h4-5,9-12,22,27,34,36H,6-8,14-21,23-24H2,1-3H3,(H,35,40). The van der Waals surface area contributed by atoms with Crippen LogP contribution < -0.4 is 30.3 Å². The number of carbonyl (C=O) groups is 2. The fraction of sp³-hybridized carbons (Fsp3) is 0.531. The van der Waals surface area contributed by atoms with E-state index in [-0.39, 0.29) is 12.5 Å². The van der Waals surface area contributed by atoms with Crippen molar-refractivity contribution in [3.8, 4) is 17.6 Å². The number of benzene rings is 2. The van der Waals surface area contributed by atoms with Crippen molar-refractivity contribution < 1.29 is 28.5 Å². The zero-order valence-electron chi connectivity index (χ0n) is 26.1. The first-order valence-corrected chi connectivity index (χ1v) is 15.0. The molecule has 0 saturated carbocycles. The van der Waals surface area contributed by atoms with E-state index < -0.39 is 12.0 Å². The number of methoxy groups -OCH3 is 3. The van der Waals surface area contributed by atoms with Gasteiger partial charge in [0.25, 0.3) is 0 Å². The van der Waals surface area contributed by atoms with Crippen molar-refractivity contribution in [2.24, 2.45) is 0 Å². The van der Waals surface area contributed by atoms with Crippen LogP contribution in [0, 0.1) is 11.3 Å². The molecule has 1 atom stereocenters. The van der Waals surface area contributed by atoms with Crippen LogP contribution in [0.3, 0.4) is 0 Å². The summed E-state index contributed by atoms with van der Waals surface area (Å²) in [5, 5.41) is 17.8. The molecule has 1 aliphatic heterocycles. The maximum Gasteiger partial charge on any atom is 0.319 e. The van der Waals surface area contributed by atoms with E-state index in [1.54, 1.807) is 14.2 Å². The number of nitriles is 1. The van der Waals surface area contributed by atoms with Gasteiger partial charge in [0.1, 0.15) is 11.5 Å². The number of rotatable bonds is 19. The van der Waals surface area contributed by atoms with Crippen LogP contribution in [0.1, 0.15) is 24.8 Å². The van der Waals surface area contributed by atoms with Crippen molar-refractivity contribution in [2.75, 3.05) is 90.6 Å². The van der Waals surface area contributed by atoms with E-state index in [1.807, 2.05) is 30.3 Å². The number of ether oxygens (including phenoxy) is 4. The first-order valence-electron chi connectivity index (χ1n) is 15.0. The number of para-hydroxylation sites is 2. The predicted octanol–water partition coefficient (Wildman–Crippen LogP) is 2.40. The van der Waals surface area contributed by atoms with Gasteiger partial charge in [-0.05, 0) is 42.7 Å². The van der Waals surface area contributed by atoms with Crippen molar-refractivity contribution >= 4 is 23.3 Å². The molecule has 0 spiro atoms. The Balaban J connectivity index is 1.46. The summed E-state index contributed by atoms with van der Waals surface area (Å²) in [5.41, 5.74) is 3.20. The summed E-state index contributed by atoms with van der Waals surface area (Å²) in [5.74, 6) is 1.01. The Bertz CT molecular complexity index is 1210. The summed E-state index contributed by atoms with van der Waals surface area (Å²) in [7, 11) is 4.68. The summed E-state index contributed by atoms with van der Waals surface area (Å²) in [4.78, 5) is 29.2. The number of esters is 1.